The number of hydrogen-bond donors (Lipinski definition) is 1. The lowest BCUT2D eigenvalue weighted by molar-refractivity contribution is 0.254. The molecule has 0 spiro atoms. The van der Waals surface area contributed by atoms with Crippen molar-refractivity contribution in [3.63, 3.8) is 0 Å². The molecule has 21 heavy (non-hydrogen) atoms. The Labute approximate surface area is 125 Å². The molecule has 1 aliphatic rings. The van der Waals surface area contributed by atoms with E-state index in [1.165, 1.54) is 5.56 Å². The zero-order valence-corrected chi connectivity index (χ0v) is 12.4. The Kier molecular flexibility index (Phi) is 3.93. The third kappa shape index (κ3) is 2.93. The minimum Gasteiger partial charge on any atom is -0.490 e. The fourth-order valence-electron chi connectivity index (χ4n) is 2.73. The number of fused-ring (bicyclic) bond motifs is 1. The van der Waals surface area contributed by atoms with Crippen molar-refractivity contribution in [2.75, 3.05) is 6.54 Å². The number of nitrogens with one attached hydrogen (secondary N) is 1. The SMILES string of the molecule is CCNCc1ccc(-c2ccc3c(c2)CC(C)O3)cc1F. The fraction of sp³-hybridized carbons (Fsp3) is 0.333. The second-order valence-electron chi connectivity index (χ2n) is 5.54. The maximum absolute atomic E-state index is 14.1. The summed E-state index contributed by atoms with van der Waals surface area (Å²) in [7, 11) is 0. The van der Waals surface area contributed by atoms with Crippen molar-refractivity contribution < 1.29 is 9.13 Å². The zero-order valence-electron chi connectivity index (χ0n) is 12.4. The van der Waals surface area contributed by atoms with Gasteiger partial charge in [0, 0.05) is 18.5 Å². The summed E-state index contributed by atoms with van der Waals surface area (Å²) < 4.78 is 19.8. The highest BCUT2D eigenvalue weighted by atomic mass is 19.1. The largest absolute Gasteiger partial charge is 0.490 e. The maximum Gasteiger partial charge on any atom is 0.128 e. The van der Waals surface area contributed by atoms with Crippen LogP contribution in [-0.4, -0.2) is 12.6 Å². The molecule has 1 aliphatic heterocycles. The van der Waals surface area contributed by atoms with Gasteiger partial charge in [-0.1, -0.05) is 25.1 Å². The van der Waals surface area contributed by atoms with Gasteiger partial charge in [0.15, 0.2) is 0 Å². The molecular formula is C18H20FNO. The van der Waals surface area contributed by atoms with E-state index in [4.69, 9.17) is 4.74 Å². The van der Waals surface area contributed by atoms with Crippen molar-refractivity contribution >= 4 is 0 Å². The van der Waals surface area contributed by atoms with Crippen molar-refractivity contribution in [1.29, 1.82) is 0 Å². The molecule has 3 rings (SSSR count). The predicted octanol–water partition coefficient (Wildman–Crippen LogP) is 3.93. The number of hydrogen-bond acceptors (Lipinski definition) is 2. The Morgan fingerprint density at radius 1 is 1.19 bits per heavy atom. The highest BCUT2D eigenvalue weighted by molar-refractivity contribution is 5.66. The van der Waals surface area contributed by atoms with E-state index in [1.54, 1.807) is 6.07 Å². The average Bonchev–Trinajstić information content (AvgIpc) is 2.85. The van der Waals surface area contributed by atoms with Crippen LogP contribution in [-0.2, 0) is 13.0 Å². The van der Waals surface area contributed by atoms with Crippen molar-refractivity contribution in [3.05, 3.63) is 53.3 Å². The fourth-order valence-corrected chi connectivity index (χ4v) is 2.73. The van der Waals surface area contributed by atoms with Crippen LogP contribution in [0, 0.1) is 5.82 Å². The molecule has 2 aromatic rings. The number of rotatable bonds is 4. The summed E-state index contributed by atoms with van der Waals surface area (Å²) >= 11 is 0. The molecule has 0 aromatic heterocycles. The van der Waals surface area contributed by atoms with E-state index >= 15 is 0 Å². The molecule has 2 aromatic carbocycles. The molecular weight excluding hydrogens is 265 g/mol. The summed E-state index contributed by atoms with van der Waals surface area (Å²) in [6, 6.07) is 11.6. The first-order chi connectivity index (χ1) is 10.2. The van der Waals surface area contributed by atoms with E-state index in [2.05, 4.69) is 18.3 Å². The van der Waals surface area contributed by atoms with Gasteiger partial charge >= 0.3 is 0 Å². The van der Waals surface area contributed by atoms with Crippen LogP contribution in [0.1, 0.15) is 25.0 Å². The Morgan fingerprint density at radius 2 is 1.95 bits per heavy atom. The quantitative estimate of drug-likeness (QED) is 0.919. The lowest BCUT2D eigenvalue weighted by Gasteiger charge is -2.08. The Bertz CT molecular complexity index is 654. The van der Waals surface area contributed by atoms with Gasteiger partial charge < -0.3 is 10.1 Å². The molecule has 2 nitrogen and oxygen atoms in total. The molecule has 1 atom stereocenters. The first-order valence-corrected chi connectivity index (χ1v) is 7.46. The monoisotopic (exact) mass is 285 g/mol. The zero-order chi connectivity index (χ0) is 14.8. The summed E-state index contributed by atoms with van der Waals surface area (Å²) in [4.78, 5) is 0. The third-order valence-electron chi connectivity index (χ3n) is 3.85. The first kappa shape index (κ1) is 14.1. The normalized spacial score (nSPS) is 16.6. The first-order valence-electron chi connectivity index (χ1n) is 7.46. The van der Waals surface area contributed by atoms with Crippen molar-refractivity contribution in [2.45, 2.75) is 32.9 Å². The Morgan fingerprint density at radius 3 is 2.71 bits per heavy atom. The smallest absolute Gasteiger partial charge is 0.128 e. The molecule has 0 bridgehead atoms. The van der Waals surface area contributed by atoms with Gasteiger partial charge in [0.05, 0.1) is 0 Å². The van der Waals surface area contributed by atoms with Crippen LogP contribution in [0.2, 0.25) is 0 Å². The number of halogens is 1. The summed E-state index contributed by atoms with van der Waals surface area (Å²) in [5.74, 6) is 0.800. The molecule has 1 heterocycles. The van der Waals surface area contributed by atoms with Gasteiger partial charge in [-0.25, -0.2) is 4.39 Å². The van der Waals surface area contributed by atoms with Gasteiger partial charge in [-0.3, -0.25) is 0 Å². The summed E-state index contributed by atoms with van der Waals surface area (Å²) in [6.07, 6.45) is 1.15. The van der Waals surface area contributed by atoms with E-state index in [0.717, 1.165) is 29.8 Å². The van der Waals surface area contributed by atoms with E-state index < -0.39 is 0 Å². The van der Waals surface area contributed by atoms with E-state index in [-0.39, 0.29) is 11.9 Å². The topological polar surface area (TPSA) is 21.3 Å². The molecule has 1 N–H and O–H groups in total. The summed E-state index contributed by atoms with van der Waals surface area (Å²) in [5.41, 5.74) is 3.87. The van der Waals surface area contributed by atoms with Gasteiger partial charge in [-0.15, -0.1) is 0 Å². The molecule has 0 radical (unpaired) electrons. The van der Waals surface area contributed by atoms with E-state index in [1.807, 2.05) is 31.2 Å². The van der Waals surface area contributed by atoms with Gasteiger partial charge in [0.1, 0.15) is 17.7 Å². The molecule has 0 aliphatic carbocycles. The molecule has 110 valence electrons. The molecule has 0 saturated carbocycles. The molecule has 0 fully saturated rings. The van der Waals surface area contributed by atoms with Crippen LogP contribution in [0.15, 0.2) is 36.4 Å². The average molecular weight is 285 g/mol. The maximum atomic E-state index is 14.1. The van der Waals surface area contributed by atoms with Crippen molar-refractivity contribution in [2.24, 2.45) is 0 Å². The van der Waals surface area contributed by atoms with Crippen LogP contribution in [0.3, 0.4) is 0 Å². The van der Waals surface area contributed by atoms with Crippen LogP contribution in [0.25, 0.3) is 11.1 Å². The summed E-state index contributed by atoms with van der Waals surface area (Å²) in [6.45, 7) is 5.48. The van der Waals surface area contributed by atoms with E-state index in [0.29, 0.717) is 12.1 Å². The van der Waals surface area contributed by atoms with Crippen LogP contribution in [0.5, 0.6) is 5.75 Å². The molecule has 1 unspecified atom stereocenters. The lowest BCUT2D eigenvalue weighted by Crippen LogP contribution is -2.12. The second-order valence-corrected chi connectivity index (χ2v) is 5.54. The van der Waals surface area contributed by atoms with Gasteiger partial charge in [-0.2, -0.15) is 0 Å². The van der Waals surface area contributed by atoms with Crippen molar-refractivity contribution in [1.82, 2.24) is 5.32 Å². The lowest BCUT2D eigenvalue weighted by atomic mass is 10.00. The van der Waals surface area contributed by atoms with Crippen molar-refractivity contribution in [3.8, 4) is 16.9 Å². The molecule has 3 heteroatoms. The molecule has 0 amide bonds. The Hall–Kier alpha value is -1.87. The Balaban J connectivity index is 1.87. The third-order valence-corrected chi connectivity index (χ3v) is 3.85. The van der Waals surface area contributed by atoms with Crippen LogP contribution >= 0.6 is 0 Å². The van der Waals surface area contributed by atoms with Gasteiger partial charge in [0.25, 0.3) is 0 Å². The van der Waals surface area contributed by atoms with Gasteiger partial charge in [-0.05, 0) is 48.4 Å². The molecule has 0 saturated heterocycles. The number of ether oxygens (including phenoxy) is 1. The van der Waals surface area contributed by atoms with E-state index in [9.17, 15) is 4.39 Å². The van der Waals surface area contributed by atoms with Crippen LogP contribution < -0.4 is 10.1 Å². The minimum absolute atomic E-state index is 0.154. The predicted molar refractivity (Wildman–Crippen MR) is 83.0 cm³/mol. The minimum atomic E-state index is -0.154. The summed E-state index contributed by atoms with van der Waals surface area (Å²) in [5, 5.41) is 3.15. The highest BCUT2D eigenvalue weighted by Crippen LogP contribution is 2.33. The highest BCUT2D eigenvalue weighted by Gasteiger charge is 2.19. The van der Waals surface area contributed by atoms with Crippen LogP contribution in [0.4, 0.5) is 4.39 Å². The second kappa shape index (κ2) is 5.86. The number of benzene rings is 2. The van der Waals surface area contributed by atoms with Gasteiger partial charge in [0.2, 0.25) is 0 Å². The standard InChI is InChI=1S/C18H20FNO/c1-3-20-11-15-5-4-14(10-17(15)19)13-6-7-18-16(9-13)8-12(2)21-18/h4-7,9-10,12,20H,3,8,11H2,1-2H3.